The number of rotatable bonds is 2. The molecule has 16 heavy (non-hydrogen) atoms. The summed E-state index contributed by atoms with van der Waals surface area (Å²) in [6, 6.07) is 4.59. The Balaban J connectivity index is 2.30. The summed E-state index contributed by atoms with van der Waals surface area (Å²) in [6.45, 7) is 2.32. The molecule has 0 bridgehead atoms. The standard InChI is InChI=1S/C13H13FO2/c1-9-5-6-10(11(14)8-9)13(15)12-4-2-3-7-16-12/h4-6,8H,2-3,7H2,1H3. The molecule has 2 rings (SSSR count). The number of ketones is 1. The Hall–Kier alpha value is -1.64. The van der Waals surface area contributed by atoms with Crippen molar-refractivity contribution in [3.8, 4) is 0 Å². The van der Waals surface area contributed by atoms with E-state index in [0.29, 0.717) is 6.61 Å². The third kappa shape index (κ3) is 2.13. The monoisotopic (exact) mass is 220 g/mol. The van der Waals surface area contributed by atoms with Crippen molar-refractivity contribution in [2.45, 2.75) is 19.8 Å². The predicted octanol–water partition coefficient (Wildman–Crippen LogP) is 3.01. The second kappa shape index (κ2) is 4.47. The number of aryl methyl sites for hydroxylation is 1. The van der Waals surface area contributed by atoms with Crippen LogP contribution in [0.2, 0.25) is 0 Å². The topological polar surface area (TPSA) is 26.3 Å². The van der Waals surface area contributed by atoms with Gasteiger partial charge in [-0.2, -0.15) is 0 Å². The molecule has 0 N–H and O–H groups in total. The Kier molecular flexibility index (Phi) is 3.04. The zero-order valence-electron chi connectivity index (χ0n) is 9.13. The lowest BCUT2D eigenvalue weighted by molar-refractivity contribution is 0.0895. The van der Waals surface area contributed by atoms with Crippen LogP contribution in [0, 0.1) is 12.7 Å². The zero-order valence-corrected chi connectivity index (χ0v) is 9.13. The van der Waals surface area contributed by atoms with Gasteiger partial charge in [0.25, 0.3) is 0 Å². The molecule has 0 aliphatic carbocycles. The van der Waals surface area contributed by atoms with Gasteiger partial charge in [0.2, 0.25) is 5.78 Å². The number of Topliss-reactive ketones (excluding diaryl/α,β-unsaturated/α-hetero) is 1. The van der Waals surface area contributed by atoms with Gasteiger partial charge in [0.05, 0.1) is 12.2 Å². The summed E-state index contributed by atoms with van der Waals surface area (Å²) in [7, 11) is 0. The summed E-state index contributed by atoms with van der Waals surface area (Å²) >= 11 is 0. The van der Waals surface area contributed by atoms with Crippen LogP contribution in [0.5, 0.6) is 0 Å². The van der Waals surface area contributed by atoms with Gasteiger partial charge in [-0.15, -0.1) is 0 Å². The van der Waals surface area contributed by atoms with E-state index in [0.717, 1.165) is 18.4 Å². The molecule has 1 aromatic carbocycles. The molecular weight excluding hydrogens is 207 g/mol. The van der Waals surface area contributed by atoms with Crippen molar-refractivity contribution < 1.29 is 13.9 Å². The molecule has 1 aliphatic heterocycles. The van der Waals surface area contributed by atoms with Gasteiger partial charge in [-0.1, -0.05) is 6.07 Å². The summed E-state index contributed by atoms with van der Waals surface area (Å²) in [5, 5.41) is 0. The maximum atomic E-state index is 13.6. The van der Waals surface area contributed by atoms with Crippen LogP contribution in [-0.4, -0.2) is 12.4 Å². The molecule has 0 amide bonds. The fraction of sp³-hybridized carbons (Fsp3) is 0.308. The van der Waals surface area contributed by atoms with Gasteiger partial charge in [-0.05, 0) is 43.5 Å². The molecule has 0 spiro atoms. The number of carbonyl (C=O) groups excluding carboxylic acids is 1. The lowest BCUT2D eigenvalue weighted by Gasteiger charge is -2.14. The molecule has 0 unspecified atom stereocenters. The minimum atomic E-state index is -0.486. The Morgan fingerprint density at radius 1 is 1.44 bits per heavy atom. The molecular formula is C13H13FO2. The van der Waals surface area contributed by atoms with Crippen LogP contribution in [0.15, 0.2) is 30.0 Å². The van der Waals surface area contributed by atoms with Crippen molar-refractivity contribution in [3.63, 3.8) is 0 Å². The molecule has 0 radical (unpaired) electrons. The van der Waals surface area contributed by atoms with Gasteiger partial charge < -0.3 is 4.74 Å². The summed E-state index contributed by atoms with van der Waals surface area (Å²) in [4.78, 5) is 11.9. The second-order valence-electron chi connectivity index (χ2n) is 3.87. The van der Waals surface area contributed by atoms with E-state index in [9.17, 15) is 9.18 Å². The van der Waals surface area contributed by atoms with Crippen LogP contribution in [-0.2, 0) is 4.74 Å². The van der Waals surface area contributed by atoms with E-state index in [2.05, 4.69) is 0 Å². The van der Waals surface area contributed by atoms with E-state index >= 15 is 0 Å². The summed E-state index contributed by atoms with van der Waals surface area (Å²) in [5.74, 6) is -0.578. The SMILES string of the molecule is Cc1ccc(C(=O)C2=CCCCO2)c(F)c1. The smallest absolute Gasteiger partial charge is 0.230 e. The number of carbonyl (C=O) groups is 1. The molecule has 1 heterocycles. The Morgan fingerprint density at radius 3 is 2.88 bits per heavy atom. The molecule has 0 atom stereocenters. The molecule has 84 valence electrons. The minimum absolute atomic E-state index is 0.0822. The molecule has 0 fully saturated rings. The van der Waals surface area contributed by atoms with E-state index in [1.54, 1.807) is 19.1 Å². The van der Waals surface area contributed by atoms with Crippen LogP contribution in [0.25, 0.3) is 0 Å². The first-order chi connectivity index (χ1) is 7.68. The van der Waals surface area contributed by atoms with Crippen molar-refractivity contribution in [1.82, 2.24) is 0 Å². The van der Waals surface area contributed by atoms with E-state index in [4.69, 9.17) is 4.74 Å². The molecule has 0 saturated carbocycles. The van der Waals surface area contributed by atoms with Crippen LogP contribution in [0.1, 0.15) is 28.8 Å². The van der Waals surface area contributed by atoms with Crippen LogP contribution >= 0.6 is 0 Å². The van der Waals surface area contributed by atoms with E-state index in [1.807, 2.05) is 0 Å². The van der Waals surface area contributed by atoms with Crippen LogP contribution < -0.4 is 0 Å². The summed E-state index contributed by atoms with van der Waals surface area (Å²) < 4.78 is 18.8. The fourth-order valence-corrected chi connectivity index (χ4v) is 1.65. The normalized spacial score (nSPS) is 15.2. The predicted molar refractivity (Wildman–Crippen MR) is 58.7 cm³/mol. The largest absolute Gasteiger partial charge is 0.490 e. The van der Waals surface area contributed by atoms with Crippen molar-refractivity contribution in [2.75, 3.05) is 6.61 Å². The van der Waals surface area contributed by atoms with Crippen molar-refractivity contribution >= 4 is 5.78 Å². The van der Waals surface area contributed by atoms with Gasteiger partial charge >= 0.3 is 0 Å². The van der Waals surface area contributed by atoms with E-state index < -0.39 is 5.82 Å². The molecule has 2 nitrogen and oxygen atoms in total. The summed E-state index contributed by atoms with van der Waals surface area (Å²) in [5.41, 5.74) is 0.881. The molecule has 3 heteroatoms. The highest BCUT2D eigenvalue weighted by molar-refractivity contribution is 6.07. The summed E-state index contributed by atoms with van der Waals surface area (Å²) in [6.07, 6.45) is 3.45. The fourth-order valence-electron chi connectivity index (χ4n) is 1.65. The highest BCUT2D eigenvalue weighted by Crippen LogP contribution is 2.18. The lowest BCUT2D eigenvalue weighted by Crippen LogP contribution is -2.12. The second-order valence-corrected chi connectivity index (χ2v) is 3.87. The molecule has 0 aromatic heterocycles. The Morgan fingerprint density at radius 2 is 2.25 bits per heavy atom. The molecule has 0 saturated heterocycles. The van der Waals surface area contributed by atoms with Crippen molar-refractivity contribution in [1.29, 1.82) is 0 Å². The van der Waals surface area contributed by atoms with Crippen molar-refractivity contribution in [2.24, 2.45) is 0 Å². The van der Waals surface area contributed by atoms with Gasteiger partial charge in [0.15, 0.2) is 5.76 Å². The minimum Gasteiger partial charge on any atom is -0.490 e. The van der Waals surface area contributed by atoms with Gasteiger partial charge in [-0.3, -0.25) is 4.79 Å². The van der Waals surface area contributed by atoms with Crippen LogP contribution in [0.4, 0.5) is 4.39 Å². The first kappa shape index (κ1) is 10.9. The van der Waals surface area contributed by atoms with Crippen LogP contribution in [0.3, 0.4) is 0 Å². The maximum absolute atomic E-state index is 13.6. The third-order valence-corrected chi connectivity index (χ3v) is 2.53. The number of hydrogen-bond donors (Lipinski definition) is 0. The van der Waals surface area contributed by atoms with Crippen molar-refractivity contribution in [3.05, 3.63) is 47.0 Å². The van der Waals surface area contributed by atoms with E-state index in [-0.39, 0.29) is 17.1 Å². The molecule has 1 aromatic rings. The highest BCUT2D eigenvalue weighted by atomic mass is 19.1. The third-order valence-electron chi connectivity index (χ3n) is 2.53. The Bertz CT molecular complexity index is 449. The van der Waals surface area contributed by atoms with E-state index in [1.165, 1.54) is 12.1 Å². The Labute approximate surface area is 93.7 Å². The first-order valence-corrected chi connectivity index (χ1v) is 5.32. The number of halogens is 1. The highest BCUT2D eigenvalue weighted by Gasteiger charge is 2.19. The number of allylic oxidation sites excluding steroid dienone is 2. The first-order valence-electron chi connectivity index (χ1n) is 5.32. The maximum Gasteiger partial charge on any atom is 0.230 e. The number of ether oxygens (including phenoxy) is 1. The average molecular weight is 220 g/mol. The van der Waals surface area contributed by atoms with Gasteiger partial charge in [0, 0.05) is 0 Å². The lowest BCUT2D eigenvalue weighted by atomic mass is 10.0. The van der Waals surface area contributed by atoms with Gasteiger partial charge in [0.1, 0.15) is 5.82 Å². The number of hydrogen-bond acceptors (Lipinski definition) is 2. The average Bonchev–Trinajstić information content (AvgIpc) is 2.29. The van der Waals surface area contributed by atoms with Gasteiger partial charge in [-0.25, -0.2) is 4.39 Å². The quantitative estimate of drug-likeness (QED) is 0.716. The molecule has 1 aliphatic rings. The number of benzene rings is 1. The zero-order chi connectivity index (χ0) is 11.5.